The van der Waals surface area contributed by atoms with Gasteiger partial charge in [-0.2, -0.15) is 5.10 Å². The Kier molecular flexibility index (Phi) is 4.69. The predicted molar refractivity (Wildman–Crippen MR) is 119 cm³/mol. The number of nitrogens with one attached hydrogen (secondary N) is 2. The van der Waals surface area contributed by atoms with E-state index in [4.69, 9.17) is 11.6 Å². The maximum atomic E-state index is 13.2. The molecule has 2 N–H and O–H groups in total. The van der Waals surface area contributed by atoms with Crippen LogP contribution >= 0.6 is 23.4 Å². The monoisotopic (exact) mass is 433 g/mol. The van der Waals surface area contributed by atoms with Gasteiger partial charge < -0.3 is 9.88 Å². The molecule has 2 aliphatic rings. The van der Waals surface area contributed by atoms with Crippen LogP contribution in [0.15, 0.2) is 76.8 Å². The number of nitrogens with zero attached hydrogens (tertiary/aromatic N) is 3. The molecule has 0 spiro atoms. The molecule has 0 saturated carbocycles. The number of fused-ring (bicyclic) bond motifs is 2. The summed E-state index contributed by atoms with van der Waals surface area (Å²) in [6.45, 7) is 0. The van der Waals surface area contributed by atoms with E-state index in [9.17, 15) is 4.79 Å². The maximum Gasteiger partial charge on any atom is 0.275 e. The van der Waals surface area contributed by atoms with Crippen molar-refractivity contribution in [1.82, 2.24) is 19.7 Å². The van der Waals surface area contributed by atoms with Crippen molar-refractivity contribution in [1.29, 1.82) is 0 Å². The topological polar surface area (TPSA) is 75.6 Å². The van der Waals surface area contributed by atoms with Crippen LogP contribution in [0, 0.1) is 0 Å². The number of benzene rings is 2. The lowest BCUT2D eigenvalue weighted by Crippen LogP contribution is -2.13. The van der Waals surface area contributed by atoms with Gasteiger partial charge in [-0.25, -0.2) is 4.98 Å². The van der Waals surface area contributed by atoms with E-state index < -0.39 is 0 Å². The fourth-order valence-corrected chi connectivity index (χ4v) is 4.43. The molecule has 0 atom stereocenters. The van der Waals surface area contributed by atoms with Crippen LogP contribution in [0.4, 0.5) is 5.69 Å². The Bertz CT molecular complexity index is 1340. The fourth-order valence-electron chi connectivity index (χ4n) is 3.29. The second-order valence-corrected chi connectivity index (χ2v) is 8.35. The molecule has 2 aliphatic heterocycles. The van der Waals surface area contributed by atoms with Crippen LogP contribution in [0.3, 0.4) is 0 Å². The van der Waals surface area contributed by atoms with Crippen molar-refractivity contribution in [2.75, 3.05) is 5.32 Å². The van der Waals surface area contributed by atoms with Crippen molar-refractivity contribution in [3.63, 3.8) is 0 Å². The molecule has 30 heavy (non-hydrogen) atoms. The normalized spacial score (nSPS) is 11.3. The van der Waals surface area contributed by atoms with Crippen LogP contribution in [0.1, 0.15) is 10.5 Å². The Morgan fingerprint density at radius 1 is 1.17 bits per heavy atom. The first kappa shape index (κ1) is 18.7. The number of aromatic nitrogens is 4. The number of hydrogen-bond acceptors (Lipinski definition) is 4. The van der Waals surface area contributed by atoms with E-state index in [0.717, 1.165) is 32.1 Å². The van der Waals surface area contributed by atoms with Crippen molar-refractivity contribution >= 4 is 45.9 Å². The lowest BCUT2D eigenvalue weighted by Gasteiger charge is -2.08. The lowest BCUT2D eigenvalue weighted by molar-refractivity contribution is 0.102. The summed E-state index contributed by atoms with van der Waals surface area (Å²) in [5.74, 6) is 0.495. The van der Waals surface area contributed by atoms with Gasteiger partial charge >= 0.3 is 0 Å². The number of carbonyl (C=O) groups excluding carboxylic acids is 1. The van der Waals surface area contributed by atoms with Crippen molar-refractivity contribution in [2.45, 2.75) is 9.79 Å². The van der Waals surface area contributed by atoms with Gasteiger partial charge in [0, 0.05) is 39.8 Å². The van der Waals surface area contributed by atoms with Crippen LogP contribution in [0.25, 0.3) is 22.3 Å². The average Bonchev–Trinajstić information content (AvgIpc) is 3.35. The van der Waals surface area contributed by atoms with Crippen molar-refractivity contribution in [3.05, 3.63) is 77.7 Å². The van der Waals surface area contributed by atoms with Crippen LogP contribution in [-0.2, 0) is 7.05 Å². The van der Waals surface area contributed by atoms with E-state index in [0.29, 0.717) is 16.4 Å². The van der Waals surface area contributed by atoms with Gasteiger partial charge in [-0.15, -0.1) is 0 Å². The highest BCUT2D eigenvalue weighted by Gasteiger charge is 2.25. The first-order chi connectivity index (χ1) is 14.6. The molecular formula is C22H16ClN5OS. The number of carbonyl (C=O) groups is 1. The molecule has 2 aromatic carbocycles. The zero-order valence-corrected chi connectivity index (χ0v) is 17.5. The second kappa shape index (κ2) is 7.51. The van der Waals surface area contributed by atoms with E-state index in [1.165, 1.54) is 11.8 Å². The smallest absolute Gasteiger partial charge is 0.275 e. The number of hydrogen-bond donors (Lipinski definition) is 2. The molecule has 1 amide bonds. The molecular weight excluding hydrogens is 418 g/mol. The summed E-state index contributed by atoms with van der Waals surface area (Å²) >= 11 is 7.52. The van der Waals surface area contributed by atoms with Gasteiger partial charge in [-0.3, -0.25) is 9.89 Å². The average molecular weight is 434 g/mol. The molecule has 148 valence electrons. The van der Waals surface area contributed by atoms with Gasteiger partial charge in [-0.1, -0.05) is 23.4 Å². The predicted octanol–water partition coefficient (Wildman–Crippen LogP) is 5.46. The van der Waals surface area contributed by atoms with Crippen molar-refractivity contribution < 1.29 is 4.79 Å². The van der Waals surface area contributed by atoms with Crippen LogP contribution < -0.4 is 5.32 Å². The molecule has 0 aliphatic carbocycles. The summed E-state index contributed by atoms with van der Waals surface area (Å²) in [7, 11) is 1.92. The number of amides is 1. The highest BCUT2D eigenvalue weighted by Crippen LogP contribution is 2.40. The third-order valence-corrected chi connectivity index (χ3v) is 6.15. The summed E-state index contributed by atoms with van der Waals surface area (Å²) in [5.41, 5.74) is 2.92. The minimum Gasteiger partial charge on any atom is -0.336 e. The minimum atomic E-state index is -0.259. The number of H-pyrrole nitrogens is 1. The second-order valence-electron chi connectivity index (χ2n) is 6.83. The molecule has 3 aromatic rings. The number of aromatic amines is 1. The molecule has 0 saturated heterocycles. The maximum absolute atomic E-state index is 13.2. The number of anilines is 1. The van der Waals surface area contributed by atoms with E-state index in [1.54, 1.807) is 6.20 Å². The van der Waals surface area contributed by atoms with E-state index in [1.807, 2.05) is 72.4 Å². The number of rotatable bonds is 4. The Balaban J connectivity index is 1.54. The Morgan fingerprint density at radius 2 is 2.00 bits per heavy atom. The molecule has 1 aromatic heterocycles. The highest BCUT2D eigenvalue weighted by molar-refractivity contribution is 7.99. The van der Waals surface area contributed by atoms with E-state index in [2.05, 4.69) is 20.5 Å². The summed E-state index contributed by atoms with van der Waals surface area (Å²) in [5, 5.41) is 11.5. The third-order valence-electron chi connectivity index (χ3n) is 4.77. The number of halogens is 1. The highest BCUT2D eigenvalue weighted by atomic mass is 35.5. The van der Waals surface area contributed by atoms with Gasteiger partial charge in [-0.05, 0) is 54.6 Å². The zero-order chi connectivity index (χ0) is 20.7. The van der Waals surface area contributed by atoms with Crippen molar-refractivity contribution in [2.24, 2.45) is 7.05 Å². The minimum absolute atomic E-state index is 0.259. The van der Waals surface area contributed by atoms with Crippen LogP contribution in [0.5, 0.6) is 0 Å². The first-order valence-corrected chi connectivity index (χ1v) is 10.4. The summed E-state index contributed by atoms with van der Waals surface area (Å²) in [6, 6.07) is 17.1. The summed E-state index contributed by atoms with van der Waals surface area (Å²) in [6.07, 6.45) is 3.64. The van der Waals surface area contributed by atoms with E-state index >= 15 is 0 Å². The first-order valence-electron chi connectivity index (χ1n) is 9.21. The van der Waals surface area contributed by atoms with Crippen LogP contribution in [0.2, 0.25) is 5.02 Å². The fraction of sp³-hybridized carbons (Fsp3) is 0.0455. The molecule has 3 heterocycles. The van der Waals surface area contributed by atoms with Gasteiger partial charge in [0.15, 0.2) is 0 Å². The quantitative estimate of drug-likeness (QED) is 0.394. The largest absolute Gasteiger partial charge is 0.336 e. The summed E-state index contributed by atoms with van der Waals surface area (Å²) < 4.78 is 1.91. The van der Waals surface area contributed by atoms with Crippen molar-refractivity contribution in [3.8, 4) is 11.4 Å². The summed E-state index contributed by atoms with van der Waals surface area (Å²) in [4.78, 5) is 19.6. The molecule has 0 fully saturated rings. The Hall–Kier alpha value is -3.29. The molecule has 8 heteroatoms. The van der Waals surface area contributed by atoms with Gasteiger partial charge in [0.25, 0.3) is 5.91 Å². The molecule has 0 unspecified atom stereocenters. The standard InChI is InChI=1S/C22H16ClN5OS/c1-28-10-2-3-17-20(30-16-7-4-14(23)5-8-16)19(26-21(17)28)22(29)25-15-6-9-18-13(11-15)12-24-27-18/h2-12H,1H3,(H,24,27)(H,25,29). The van der Waals surface area contributed by atoms with Gasteiger partial charge in [0.05, 0.1) is 16.6 Å². The van der Waals surface area contributed by atoms with Crippen LogP contribution in [-0.4, -0.2) is 25.7 Å². The zero-order valence-electron chi connectivity index (χ0n) is 15.9. The van der Waals surface area contributed by atoms with E-state index in [-0.39, 0.29) is 5.91 Å². The number of pyridine rings is 1. The number of aryl methyl sites for hydroxylation is 1. The third kappa shape index (κ3) is 3.42. The molecule has 6 nitrogen and oxygen atoms in total. The molecule has 0 radical (unpaired) electrons. The van der Waals surface area contributed by atoms with Gasteiger partial charge in [0.2, 0.25) is 0 Å². The lowest BCUT2D eigenvalue weighted by atomic mass is 10.2. The molecule has 0 bridgehead atoms. The Morgan fingerprint density at radius 3 is 2.83 bits per heavy atom. The Labute approximate surface area is 181 Å². The SMILES string of the molecule is Cn1cccc2c(Sc3ccc(Cl)cc3)c(C(=O)Nc3ccc4[nH]ncc4c3)nc1-2. The van der Waals surface area contributed by atoms with Gasteiger partial charge in [0.1, 0.15) is 11.5 Å². The molecule has 5 rings (SSSR count).